The molecule has 0 radical (unpaired) electrons. The average Bonchev–Trinajstić information content (AvgIpc) is 3.05. The smallest absolute Gasteiger partial charge is 0.251 e. The van der Waals surface area contributed by atoms with Crippen LogP contribution in [-0.4, -0.2) is 38.0 Å². The monoisotopic (exact) mass is 484 g/mol. The summed E-state index contributed by atoms with van der Waals surface area (Å²) in [4.78, 5) is 16.2. The molecule has 1 amide bonds. The average molecular weight is 485 g/mol. The Balaban J connectivity index is 0.00000288. The summed E-state index contributed by atoms with van der Waals surface area (Å²) in [5, 5.41) is 10.2. The predicted octanol–water partition coefficient (Wildman–Crippen LogP) is 3.45. The topological polar surface area (TPSA) is 65.5 Å². The van der Waals surface area contributed by atoms with Crippen molar-refractivity contribution in [2.45, 2.75) is 31.7 Å². The standard InChI is InChI=1S/C16H22Cl2N4O.HI/c1-19-16(22-12-4-2-3-5-12)21-9-8-20-15(23)11-6-7-13(17)14(18)10-11;/h6-7,10,12H,2-5,8-9H2,1H3,(H,20,23)(H2,19,21,22);1H. The van der Waals surface area contributed by atoms with Gasteiger partial charge >= 0.3 is 0 Å². The number of nitrogens with zero attached hydrogens (tertiary/aromatic N) is 1. The lowest BCUT2D eigenvalue weighted by atomic mass is 10.2. The van der Waals surface area contributed by atoms with E-state index >= 15 is 0 Å². The highest BCUT2D eigenvalue weighted by atomic mass is 127. The van der Waals surface area contributed by atoms with Crippen LogP contribution >= 0.6 is 47.2 Å². The van der Waals surface area contributed by atoms with Gasteiger partial charge < -0.3 is 16.0 Å². The first-order valence-electron chi connectivity index (χ1n) is 7.80. The van der Waals surface area contributed by atoms with Gasteiger partial charge in [0.1, 0.15) is 0 Å². The van der Waals surface area contributed by atoms with Gasteiger partial charge in [-0.05, 0) is 31.0 Å². The lowest BCUT2D eigenvalue weighted by molar-refractivity contribution is 0.0954. The van der Waals surface area contributed by atoms with Crippen molar-refractivity contribution in [2.24, 2.45) is 4.99 Å². The second-order valence-corrected chi connectivity index (χ2v) is 6.32. The van der Waals surface area contributed by atoms with Gasteiger partial charge in [0.05, 0.1) is 10.0 Å². The molecule has 1 aromatic carbocycles. The minimum absolute atomic E-state index is 0. The third-order valence-electron chi connectivity index (χ3n) is 3.80. The predicted molar refractivity (Wildman–Crippen MR) is 111 cm³/mol. The number of hydrogen-bond donors (Lipinski definition) is 3. The number of halogens is 3. The van der Waals surface area contributed by atoms with E-state index in [1.807, 2.05) is 0 Å². The quantitative estimate of drug-likeness (QED) is 0.259. The van der Waals surface area contributed by atoms with Crippen LogP contribution in [0.2, 0.25) is 10.0 Å². The maximum absolute atomic E-state index is 12.0. The van der Waals surface area contributed by atoms with E-state index in [2.05, 4.69) is 20.9 Å². The molecule has 8 heteroatoms. The Morgan fingerprint density at radius 1 is 1.17 bits per heavy atom. The normalized spacial score (nSPS) is 14.9. The molecule has 0 unspecified atom stereocenters. The molecule has 0 bridgehead atoms. The number of amides is 1. The van der Waals surface area contributed by atoms with Gasteiger partial charge in [-0.25, -0.2) is 0 Å². The van der Waals surface area contributed by atoms with Gasteiger partial charge in [0, 0.05) is 31.7 Å². The Morgan fingerprint density at radius 3 is 2.46 bits per heavy atom. The first-order chi connectivity index (χ1) is 11.1. The summed E-state index contributed by atoms with van der Waals surface area (Å²) < 4.78 is 0. The molecule has 0 spiro atoms. The fraction of sp³-hybridized carbons (Fsp3) is 0.500. The van der Waals surface area contributed by atoms with Crippen molar-refractivity contribution in [1.29, 1.82) is 0 Å². The van der Waals surface area contributed by atoms with Gasteiger partial charge in [0.15, 0.2) is 5.96 Å². The van der Waals surface area contributed by atoms with Crippen molar-refractivity contribution < 1.29 is 4.79 Å². The number of nitrogens with one attached hydrogen (secondary N) is 3. The van der Waals surface area contributed by atoms with Crippen LogP contribution in [0.5, 0.6) is 0 Å². The van der Waals surface area contributed by atoms with E-state index in [1.165, 1.54) is 25.7 Å². The number of benzene rings is 1. The minimum atomic E-state index is -0.177. The molecular formula is C16H23Cl2IN4O. The zero-order valence-electron chi connectivity index (χ0n) is 13.6. The lowest BCUT2D eigenvalue weighted by Gasteiger charge is -2.17. The molecule has 24 heavy (non-hydrogen) atoms. The molecule has 0 heterocycles. The molecule has 5 nitrogen and oxygen atoms in total. The summed E-state index contributed by atoms with van der Waals surface area (Å²) in [5.74, 6) is 0.602. The molecule has 2 rings (SSSR count). The fourth-order valence-electron chi connectivity index (χ4n) is 2.55. The number of carbonyl (C=O) groups excluding carboxylic acids is 1. The van der Waals surface area contributed by atoms with Crippen molar-refractivity contribution in [3.05, 3.63) is 33.8 Å². The first kappa shape index (κ1) is 21.3. The molecule has 1 fully saturated rings. The zero-order valence-corrected chi connectivity index (χ0v) is 17.4. The molecule has 134 valence electrons. The van der Waals surface area contributed by atoms with E-state index in [-0.39, 0.29) is 29.9 Å². The number of guanidine groups is 1. The maximum Gasteiger partial charge on any atom is 0.251 e. The molecule has 0 saturated heterocycles. The molecule has 1 saturated carbocycles. The first-order valence-corrected chi connectivity index (χ1v) is 8.56. The highest BCUT2D eigenvalue weighted by Gasteiger charge is 2.15. The van der Waals surface area contributed by atoms with Gasteiger partial charge in [-0.3, -0.25) is 9.79 Å². The highest BCUT2D eigenvalue weighted by molar-refractivity contribution is 14.0. The van der Waals surface area contributed by atoms with Gasteiger partial charge in [-0.15, -0.1) is 24.0 Å². The maximum atomic E-state index is 12.0. The van der Waals surface area contributed by atoms with Crippen LogP contribution in [0.1, 0.15) is 36.0 Å². The Morgan fingerprint density at radius 2 is 1.83 bits per heavy atom. The summed E-state index contributed by atoms with van der Waals surface area (Å²) in [7, 11) is 1.75. The molecule has 0 atom stereocenters. The van der Waals surface area contributed by atoms with E-state index in [1.54, 1.807) is 25.2 Å². The third-order valence-corrected chi connectivity index (χ3v) is 4.54. The summed E-state index contributed by atoms with van der Waals surface area (Å²) in [5.41, 5.74) is 0.493. The van der Waals surface area contributed by atoms with E-state index < -0.39 is 0 Å². The molecular weight excluding hydrogens is 462 g/mol. The molecule has 1 aliphatic rings. The second-order valence-electron chi connectivity index (χ2n) is 5.51. The number of rotatable bonds is 5. The van der Waals surface area contributed by atoms with Crippen LogP contribution in [0, 0.1) is 0 Å². The third kappa shape index (κ3) is 6.64. The summed E-state index contributed by atoms with van der Waals surface area (Å²) >= 11 is 11.8. The second kappa shape index (κ2) is 11.0. The highest BCUT2D eigenvalue weighted by Crippen LogP contribution is 2.22. The van der Waals surface area contributed by atoms with Gasteiger partial charge in [0.2, 0.25) is 0 Å². The van der Waals surface area contributed by atoms with Crippen LogP contribution in [0.15, 0.2) is 23.2 Å². The van der Waals surface area contributed by atoms with Gasteiger partial charge in [-0.2, -0.15) is 0 Å². The van der Waals surface area contributed by atoms with Crippen molar-refractivity contribution in [3.63, 3.8) is 0 Å². The summed E-state index contributed by atoms with van der Waals surface area (Å²) in [6.45, 7) is 1.09. The van der Waals surface area contributed by atoms with E-state index in [0.29, 0.717) is 34.7 Å². The summed E-state index contributed by atoms with van der Waals surface area (Å²) in [6.07, 6.45) is 4.92. The number of carbonyl (C=O) groups is 1. The Kier molecular flexibility index (Phi) is 9.76. The molecule has 0 aromatic heterocycles. The Bertz CT molecular complexity index is 577. The molecule has 1 aromatic rings. The number of hydrogen-bond acceptors (Lipinski definition) is 2. The SMILES string of the molecule is CN=C(NCCNC(=O)c1ccc(Cl)c(Cl)c1)NC1CCCC1.I. The van der Waals surface area contributed by atoms with E-state index in [0.717, 1.165) is 5.96 Å². The Hall–Kier alpha value is -0.730. The van der Waals surface area contributed by atoms with Crippen LogP contribution in [0.4, 0.5) is 0 Å². The molecule has 1 aliphatic carbocycles. The Labute approximate surface area is 170 Å². The summed E-state index contributed by atoms with van der Waals surface area (Å²) in [6, 6.07) is 5.34. The fourth-order valence-corrected chi connectivity index (χ4v) is 2.85. The van der Waals surface area contributed by atoms with Gasteiger partial charge in [0.25, 0.3) is 5.91 Å². The van der Waals surface area contributed by atoms with E-state index in [4.69, 9.17) is 23.2 Å². The van der Waals surface area contributed by atoms with Gasteiger partial charge in [-0.1, -0.05) is 36.0 Å². The lowest BCUT2D eigenvalue weighted by Crippen LogP contribution is -2.44. The molecule has 0 aliphatic heterocycles. The van der Waals surface area contributed by atoms with E-state index in [9.17, 15) is 4.79 Å². The van der Waals surface area contributed by atoms with Crippen LogP contribution in [0.3, 0.4) is 0 Å². The zero-order chi connectivity index (χ0) is 16.7. The van der Waals surface area contributed by atoms with Crippen molar-refractivity contribution in [1.82, 2.24) is 16.0 Å². The van der Waals surface area contributed by atoms with Crippen molar-refractivity contribution >= 4 is 59.0 Å². The largest absolute Gasteiger partial charge is 0.355 e. The van der Waals surface area contributed by atoms with Crippen LogP contribution in [-0.2, 0) is 0 Å². The van der Waals surface area contributed by atoms with Crippen LogP contribution < -0.4 is 16.0 Å². The van der Waals surface area contributed by atoms with Crippen molar-refractivity contribution in [2.75, 3.05) is 20.1 Å². The van der Waals surface area contributed by atoms with Crippen molar-refractivity contribution in [3.8, 4) is 0 Å². The number of aliphatic imine (C=N–C) groups is 1. The van der Waals surface area contributed by atoms with Crippen LogP contribution in [0.25, 0.3) is 0 Å². The molecule has 3 N–H and O–H groups in total. The minimum Gasteiger partial charge on any atom is -0.355 e.